The standard InChI is InChI=1S/C14H26N2O3/c1-10(2)13-14(18)16(7-5-6-8-19-4)11(3)9-12(17)15-13/h10-11,13H,5-9H2,1-4H3,(H,15,17). The van der Waals surface area contributed by atoms with Crippen LogP contribution in [-0.4, -0.2) is 49.1 Å². The van der Waals surface area contributed by atoms with Crippen molar-refractivity contribution in [1.29, 1.82) is 0 Å². The molecule has 1 saturated heterocycles. The second-order valence-electron chi connectivity index (χ2n) is 5.57. The average Bonchev–Trinajstić information content (AvgIpc) is 2.44. The van der Waals surface area contributed by atoms with E-state index in [0.29, 0.717) is 19.6 Å². The van der Waals surface area contributed by atoms with Gasteiger partial charge in [0, 0.05) is 32.7 Å². The van der Waals surface area contributed by atoms with Crippen molar-refractivity contribution in [2.24, 2.45) is 5.92 Å². The lowest BCUT2D eigenvalue weighted by atomic mass is 10.0. The van der Waals surface area contributed by atoms with E-state index in [1.165, 1.54) is 0 Å². The summed E-state index contributed by atoms with van der Waals surface area (Å²) in [5.74, 6) is 0.132. The second kappa shape index (κ2) is 7.48. The van der Waals surface area contributed by atoms with Crippen LogP contribution < -0.4 is 5.32 Å². The van der Waals surface area contributed by atoms with Crippen LogP contribution in [0.3, 0.4) is 0 Å². The monoisotopic (exact) mass is 270 g/mol. The number of carbonyl (C=O) groups excluding carboxylic acids is 2. The Morgan fingerprint density at radius 2 is 2.05 bits per heavy atom. The van der Waals surface area contributed by atoms with Crippen LogP contribution in [0.1, 0.15) is 40.0 Å². The zero-order valence-corrected chi connectivity index (χ0v) is 12.4. The molecule has 0 radical (unpaired) electrons. The fourth-order valence-electron chi connectivity index (χ4n) is 2.38. The zero-order chi connectivity index (χ0) is 14.4. The van der Waals surface area contributed by atoms with Crippen molar-refractivity contribution in [2.45, 2.75) is 52.1 Å². The maximum absolute atomic E-state index is 12.5. The molecule has 110 valence electrons. The summed E-state index contributed by atoms with van der Waals surface area (Å²) < 4.78 is 5.02. The van der Waals surface area contributed by atoms with E-state index < -0.39 is 0 Å². The maximum Gasteiger partial charge on any atom is 0.245 e. The molecule has 0 aliphatic carbocycles. The lowest BCUT2D eigenvalue weighted by Gasteiger charge is -2.30. The molecule has 2 unspecified atom stereocenters. The number of hydrogen-bond acceptors (Lipinski definition) is 3. The number of rotatable bonds is 6. The van der Waals surface area contributed by atoms with Crippen LogP contribution in [0, 0.1) is 5.92 Å². The summed E-state index contributed by atoms with van der Waals surface area (Å²) in [5, 5.41) is 2.84. The summed E-state index contributed by atoms with van der Waals surface area (Å²) in [6, 6.07) is -0.418. The van der Waals surface area contributed by atoms with E-state index in [4.69, 9.17) is 4.74 Å². The Kier molecular flexibility index (Phi) is 6.28. The van der Waals surface area contributed by atoms with Gasteiger partial charge in [-0.3, -0.25) is 9.59 Å². The van der Waals surface area contributed by atoms with Gasteiger partial charge in [0.25, 0.3) is 0 Å². The van der Waals surface area contributed by atoms with Crippen LogP contribution in [0.4, 0.5) is 0 Å². The molecule has 0 bridgehead atoms. The van der Waals surface area contributed by atoms with Crippen LogP contribution in [-0.2, 0) is 14.3 Å². The van der Waals surface area contributed by atoms with Crippen molar-refractivity contribution in [3.8, 4) is 0 Å². The van der Waals surface area contributed by atoms with Crippen molar-refractivity contribution < 1.29 is 14.3 Å². The highest BCUT2D eigenvalue weighted by atomic mass is 16.5. The number of nitrogens with zero attached hydrogens (tertiary/aromatic N) is 1. The summed E-state index contributed by atoms with van der Waals surface area (Å²) in [7, 11) is 1.68. The molecule has 0 aromatic carbocycles. The van der Waals surface area contributed by atoms with E-state index in [2.05, 4.69) is 5.32 Å². The molecule has 0 aromatic rings. The van der Waals surface area contributed by atoms with Crippen LogP contribution in [0.15, 0.2) is 0 Å². The summed E-state index contributed by atoms with van der Waals surface area (Å²) in [5.41, 5.74) is 0. The molecular weight excluding hydrogens is 244 g/mol. The first-order valence-electron chi connectivity index (χ1n) is 7.06. The van der Waals surface area contributed by atoms with Crippen LogP contribution in [0.2, 0.25) is 0 Å². The van der Waals surface area contributed by atoms with Gasteiger partial charge in [-0.25, -0.2) is 0 Å². The average molecular weight is 270 g/mol. The van der Waals surface area contributed by atoms with Crippen molar-refractivity contribution >= 4 is 11.8 Å². The molecule has 2 atom stereocenters. The van der Waals surface area contributed by atoms with Gasteiger partial charge >= 0.3 is 0 Å². The van der Waals surface area contributed by atoms with Gasteiger partial charge < -0.3 is 15.0 Å². The minimum atomic E-state index is -0.389. The van der Waals surface area contributed by atoms with Crippen molar-refractivity contribution in [2.75, 3.05) is 20.3 Å². The second-order valence-corrected chi connectivity index (χ2v) is 5.57. The Hall–Kier alpha value is -1.10. The van der Waals surface area contributed by atoms with E-state index in [1.54, 1.807) is 7.11 Å². The van der Waals surface area contributed by atoms with Gasteiger partial charge in [-0.2, -0.15) is 0 Å². The Morgan fingerprint density at radius 1 is 1.37 bits per heavy atom. The SMILES string of the molecule is COCCCCN1C(=O)C(C(C)C)NC(=O)CC1C. The third-order valence-electron chi connectivity index (χ3n) is 3.54. The highest BCUT2D eigenvalue weighted by molar-refractivity contribution is 5.90. The summed E-state index contributed by atoms with van der Waals surface area (Å²) >= 11 is 0. The van der Waals surface area contributed by atoms with Crippen LogP contribution >= 0.6 is 0 Å². The zero-order valence-electron chi connectivity index (χ0n) is 12.4. The van der Waals surface area contributed by atoms with Gasteiger partial charge in [-0.05, 0) is 25.7 Å². The van der Waals surface area contributed by atoms with Crippen molar-refractivity contribution in [3.63, 3.8) is 0 Å². The lowest BCUT2D eigenvalue weighted by Crippen LogP contribution is -2.49. The fraction of sp³-hybridized carbons (Fsp3) is 0.857. The lowest BCUT2D eigenvalue weighted by molar-refractivity contribution is -0.136. The maximum atomic E-state index is 12.5. The van der Waals surface area contributed by atoms with Gasteiger partial charge in [0.1, 0.15) is 6.04 Å². The molecule has 2 amide bonds. The highest BCUT2D eigenvalue weighted by Gasteiger charge is 2.34. The molecule has 0 aromatic heterocycles. The summed E-state index contributed by atoms with van der Waals surface area (Å²) in [6.07, 6.45) is 2.23. The van der Waals surface area contributed by atoms with E-state index in [9.17, 15) is 9.59 Å². The van der Waals surface area contributed by atoms with Crippen LogP contribution in [0.5, 0.6) is 0 Å². The molecule has 5 heteroatoms. The van der Waals surface area contributed by atoms with E-state index in [0.717, 1.165) is 12.8 Å². The Morgan fingerprint density at radius 3 is 2.63 bits per heavy atom. The minimum Gasteiger partial charge on any atom is -0.385 e. The Labute approximate surface area is 115 Å². The van der Waals surface area contributed by atoms with Crippen LogP contribution in [0.25, 0.3) is 0 Å². The number of amides is 2. The quantitative estimate of drug-likeness (QED) is 0.737. The molecule has 1 fully saturated rings. The third-order valence-corrected chi connectivity index (χ3v) is 3.54. The highest BCUT2D eigenvalue weighted by Crippen LogP contribution is 2.16. The van der Waals surface area contributed by atoms with Gasteiger partial charge in [0.2, 0.25) is 11.8 Å². The van der Waals surface area contributed by atoms with E-state index in [-0.39, 0.29) is 29.8 Å². The van der Waals surface area contributed by atoms with Gasteiger partial charge in [-0.15, -0.1) is 0 Å². The Bertz CT molecular complexity index is 318. The molecule has 0 saturated carbocycles. The Balaban J connectivity index is 2.68. The first-order chi connectivity index (χ1) is 8.97. The predicted molar refractivity (Wildman–Crippen MR) is 73.7 cm³/mol. The number of carbonyl (C=O) groups is 2. The number of ether oxygens (including phenoxy) is 1. The summed E-state index contributed by atoms with van der Waals surface area (Å²) in [6.45, 7) is 7.27. The minimum absolute atomic E-state index is 0.0288. The molecule has 19 heavy (non-hydrogen) atoms. The molecule has 1 heterocycles. The number of methoxy groups -OCH3 is 1. The van der Waals surface area contributed by atoms with Crippen molar-refractivity contribution in [3.05, 3.63) is 0 Å². The van der Waals surface area contributed by atoms with Gasteiger partial charge in [0.05, 0.1) is 0 Å². The molecular formula is C14H26N2O3. The van der Waals surface area contributed by atoms with E-state index in [1.807, 2.05) is 25.7 Å². The molecule has 0 spiro atoms. The van der Waals surface area contributed by atoms with Gasteiger partial charge in [-0.1, -0.05) is 13.8 Å². The van der Waals surface area contributed by atoms with Gasteiger partial charge in [0.15, 0.2) is 0 Å². The molecule has 1 aliphatic rings. The molecule has 5 nitrogen and oxygen atoms in total. The van der Waals surface area contributed by atoms with Crippen molar-refractivity contribution in [1.82, 2.24) is 10.2 Å². The first kappa shape index (κ1) is 16.0. The topological polar surface area (TPSA) is 58.6 Å². The summed E-state index contributed by atoms with van der Waals surface area (Å²) in [4.78, 5) is 26.1. The normalized spacial score (nSPS) is 24.6. The van der Waals surface area contributed by atoms with E-state index >= 15 is 0 Å². The smallest absolute Gasteiger partial charge is 0.245 e. The fourth-order valence-corrected chi connectivity index (χ4v) is 2.38. The molecule has 1 N–H and O–H groups in total. The largest absolute Gasteiger partial charge is 0.385 e. The number of hydrogen-bond donors (Lipinski definition) is 1. The number of nitrogens with one attached hydrogen (secondary N) is 1. The molecule has 1 aliphatic heterocycles. The predicted octanol–water partition coefficient (Wildman–Crippen LogP) is 1.17. The molecule has 1 rings (SSSR count). The number of unbranched alkanes of at least 4 members (excludes halogenated alkanes) is 1. The first-order valence-corrected chi connectivity index (χ1v) is 7.06. The third kappa shape index (κ3) is 4.49.